The fourth-order valence-corrected chi connectivity index (χ4v) is 2.46. The lowest BCUT2D eigenvalue weighted by Crippen LogP contribution is -2.51. The zero-order valence-electron chi connectivity index (χ0n) is 17.3. The van der Waals surface area contributed by atoms with Crippen LogP contribution < -0.4 is 20.1 Å². The maximum atomic E-state index is 12.5. The molecule has 0 bridgehead atoms. The molecule has 7 heteroatoms. The first-order valence-corrected chi connectivity index (χ1v) is 9.05. The summed E-state index contributed by atoms with van der Waals surface area (Å²) in [4.78, 5) is 24.5. The first-order chi connectivity index (χ1) is 12.6. The lowest BCUT2D eigenvalue weighted by molar-refractivity contribution is -0.124. The fraction of sp³-hybridized carbons (Fsp3) is 0.600. The van der Waals surface area contributed by atoms with Crippen LogP contribution >= 0.6 is 0 Å². The molecular formula is C20H32N2O5. The second-order valence-electron chi connectivity index (χ2n) is 7.59. The Kier molecular flexibility index (Phi) is 8.40. The molecule has 0 saturated carbocycles. The third-order valence-corrected chi connectivity index (χ3v) is 3.81. The number of ether oxygens (including phenoxy) is 3. The minimum atomic E-state index is -0.669. The fourth-order valence-electron chi connectivity index (χ4n) is 2.46. The Morgan fingerprint density at radius 1 is 1.11 bits per heavy atom. The molecule has 2 N–H and O–H groups in total. The van der Waals surface area contributed by atoms with Crippen LogP contribution in [-0.4, -0.2) is 44.4 Å². The highest BCUT2D eigenvalue weighted by Crippen LogP contribution is 2.24. The Balaban J connectivity index is 2.64. The van der Waals surface area contributed by atoms with Gasteiger partial charge >= 0.3 is 6.09 Å². The van der Waals surface area contributed by atoms with Gasteiger partial charge in [0.15, 0.2) is 0 Å². The van der Waals surface area contributed by atoms with Crippen molar-refractivity contribution in [3.63, 3.8) is 0 Å². The molecule has 0 fully saturated rings. The quantitative estimate of drug-likeness (QED) is 0.724. The van der Waals surface area contributed by atoms with E-state index in [1.165, 1.54) is 0 Å². The molecule has 1 aromatic carbocycles. The van der Waals surface area contributed by atoms with Crippen LogP contribution in [0.15, 0.2) is 18.2 Å². The maximum Gasteiger partial charge on any atom is 0.408 e. The molecule has 152 valence electrons. The summed E-state index contributed by atoms with van der Waals surface area (Å²) in [5, 5.41) is 5.51. The number of carbonyl (C=O) groups is 2. The van der Waals surface area contributed by atoms with Crippen molar-refractivity contribution < 1.29 is 23.8 Å². The van der Waals surface area contributed by atoms with Crippen molar-refractivity contribution in [1.29, 1.82) is 0 Å². The summed E-state index contributed by atoms with van der Waals surface area (Å²) in [6.07, 6.45) is -0.0101. The molecule has 27 heavy (non-hydrogen) atoms. The van der Waals surface area contributed by atoms with Crippen molar-refractivity contribution >= 4 is 12.0 Å². The van der Waals surface area contributed by atoms with Crippen molar-refractivity contribution in [3.05, 3.63) is 23.8 Å². The van der Waals surface area contributed by atoms with Gasteiger partial charge in [-0.25, -0.2) is 4.79 Å². The maximum absolute atomic E-state index is 12.5. The first-order valence-electron chi connectivity index (χ1n) is 9.05. The highest BCUT2D eigenvalue weighted by Gasteiger charge is 2.26. The van der Waals surface area contributed by atoms with Gasteiger partial charge in [0, 0.05) is 12.6 Å². The average Bonchev–Trinajstić information content (AvgIpc) is 2.57. The van der Waals surface area contributed by atoms with Gasteiger partial charge in [-0.2, -0.15) is 0 Å². The molecule has 0 aromatic heterocycles. The topological polar surface area (TPSA) is 85.9 Å². The number of nitrogens with one attached hydrogen (secondary N) is 2. The Morgan fingerprint density at radius 2 is 1.78 bits per heavy atom. The molecule has 2 amide bonds. The highest BCUT2D eigenvalue weighted by atomic mass is 16.6. The first kappa shape index (κ1) is 22.6. The number of benzene rings is 1. The van der Waals surface area contributed by atoms with Crippen molar-refractivity contribution in [2.24, 2.45) is 5.92 Å². The van der Waals surface area contributed by atoms with Crippen LogP contribution in [0.25, 0.3) is 0 Å². The van der Waals surface area contributed by atoms with Gasteiger partial charge < -0.3 is 24.8 Å². The minimum Gasteiger partial charge on any atom is -0.497 e. The molecule has 0 aliphatic heterocycles. The molecule has 0 aliphatic rings. The summed E-state index contributed by atoms with van der Waals surface area (Å²) in [5.74, 6) is 1.09. The Labute approximate surface area is 161 Å². The molecular weight excluding hydrogens is 348 g/mol. The van der Waals surface area contributed by atoms with E-state index in [9.17, 15) is 9.59 Å². The van der Waals surface area contributed by atoms with Gasteiger partial charge in [-0.1, -0.05) is 19.9 Å². The van der Waals surface area contributed by atoms with Crippen molar-refractivity contribution in [2.75, 3.05) is 20.8 Å². The van der Waals surface area contributed by atoms with E-state index in [0.29, 0.717) is 24.5 Å². The average molecular weight is 380 g/mol. The van der Waals surface area contributed by atoms with Crippen LogP contribution in [-0.2, 0) is 16.0 Å². The largest absolute Gasteiger partial charge is 0.497 e. The highest BCUT2D eigenvalue weighted by molar-refractivity contribution is 5.85. The Morgan fingerprint density at radius 3 is 2.30 bits per heavy atom. The van der Waals surface area contributed by atoms with Gasteiger partial charge in [0.2, 0.25) is 5.91 Å². The Hall–Kier alpha value is -2.44. The summed E-state index contributed by atoms with van der Waals surface area (Å²) in [7, 11) is 3.19. The molecule has 0 saturated heterocycles. The van der Waals surface area contributed by atoms with E-state index in [-0.39, 0.29) is 11.8 Å². The number of hydrogen-bond donors (Lipinski definition) is 2. The molecule has 1 atom stereocenters. The molecule has 0 heterocycles. The summed E-state index contributed by atoms with van der Waals surface area (Å²) in [5.41, 5.74) is 0.340. The standard InChI is InChI=1S/C20H32N2O5/c1-13(2)17(22-19(24)27-20(3,4)5)18(23)21-11-10-14-8-9-15(25-6)12-16(14)26-7/h8-9,12-13,17H,10-11H2,1-7H3,(H,21,23)(H,22,24). The van der Waals surface area contributed by atoms with Crippen molar-refractivity contribution in [3.8, 4) is 11.5 Å². The second kappa shape index (κ2) is 10.0. The number of hydrogen-bond acceptors (Lipinski definition) is 5. The van der Waals surface area contributed by atoms with Crippen molar-refractivity contribution in [1.82, 2.24) is 10.6 Å². The SMILES string of the molecule is COc1ccc(CCNC(=O)C(NC(=O)OC(C)(C)C)C(C)C)c(OC)c1. The summed E-state index contributed by atoms with van der Waals surface area (Å²) in [6, 6.07) is 4.89. The van der Waals surface area contributed by atoms with Crippen LogP contribution in [0.1, 0.15) is 40.2 Å². The number of carbonyl (C=O) groups excluding carboxylic acids is 2. The van der Waals surface area contributed by atoms with Crippen LogP contribution in [0.5, 0.6) is 11.5 Å². The van der Waals surface area contributed by atoms with E-state index >= 15 is 0 Å². The van der Waals surface area contributed by atoms with Crippen LogP contribution in [0, 0.1) is 5.92 Å². The number of rotatable bonds is 8. The Bertz CT molecular complexity index is 638. The smallest absolute Gasteiger partial charge is 0.408 e. The van der Waals surface area contributed by atoms with E-state index in [1.54, 1.807) is 41.1 Å². The molecule has 0 aliphatic carbocycles. The predicted octanol–water partition coefficient (Wildman–Crippen LogP) is 2.91. The lowest BCUT2D eigenvalue weighted by Gasteiger charge is -2.25. The summed E-state index contributed by atoms with van der Waals surface area (Å²) < 4.78 is 15.8. The van der Waals surface area contributed by atoms with Crippen LogP contribution in [0.4, 0.5) is 4.79 Å². The third-order valence-electron chi connectivity index (χ3n) is 3.81. The van der Waals surface area contributed by atoms with E-state index in [0.717, 1.165) is 5.56 Å². The third kappa shape index (κ3) is 7.76. The van der Waals surface area contributed by atoms with E-state index < -0.39 is 17.7 Å². The van der Waals surface area contributed by atoms with E-state index in [2.05, 4.69) is 10.6 Å². The van der Waals surface area contributed by atoms with Gasteiger partial charge in [0.1, 0.15) is 23.1 Å². The molecule has 1 rings (SSSR count). The molecule has 1 aromatic rings. The van der Waals surface area contributed by atoms with Gasteiger partial charge in [0.05, 0.1) is 14.2 Å². The number of methoxy groups -OCH3 is 2. The molecule has 1 unspecified atom stereocenters. The zero-order valence-corrected chi connectivity index (χ0v) is 17.3. The van der Waals surface area contributed by atoms with Gasteiger partial charge in [-0.3, -0.25) is 4.79 Å². The summed E-state index contributed by atoms with van der Waals surface area (Å²) >= 11 is 0. The lowest BCUT2D eigenvalue weighted by atomic mass is 10.0. The number of amides is 2. The van der Waals surface area contributed by atoms with Gasteiger partial charge in [-0.05, 0) is 44.7 Å². The van der Waals surface area contributed by atoms with Crippen molar-refractivity contribution in [2.45, 2.75) is 52.7 Å². The monoisotopic (exact) mass is 380 g/mol. The van der Waals surface area contributed by atoms with Gasteiger partial charge in [0.25, 0.3) is 0 Å². The molecule has 0 radical (unpaired) electrons. The van der Waals surface area contributed by atoms with Gasteiger partial charge in [-0.15, -0.1) is 0 Å². The summed E-state index contributed by atoms with van der Waals surface area (Å²) in [6.45, 7) is 9.49. The number of alkyl carbamates (subject to hydrolysis) is 1. The van der Waals surface area contributed by atoms with E-state index in [4.69, 9.17) is 14.2 Å². The molecule has 7 nitrogen and oxygen atoms in total. The zero-order chi connectivity index (χ0) is 20.6. The second-order valence-corrected chi connectivity index (χ2v) is 7.59. The molecule has 0 spiro atoms. The minimum absolute atomic E-state index is 0.0759. The van der Waals surface area contributed by atoms with E-state index in [1.807, 2.05) is 26.0 Å². The van der Waals surface area contributed by atoms with Crippen LogP contribution in [0.2, 0.25) is 0 Å². The van der Waals surface area contributed by atoms with Crippen LogP contribution in [0.3, 0.4) is 0 Å². The predicted molar refractivity (Wildman–Crippen MR) is 104 cm³/mol. The normalized spacial score (nSPS) is 12.3.